The molecule has 1 aliphatic rings. The summed E-state index contributed by atoms with van der Waals surface area (Å²) in [6.07, 6.45) is 1.86. The van der Waals surface area contributed by atoms with Gasteiger partial charge in [-0.1, -0.05) is 20.8 Å². The predicted molar refractivity (Wildman–Crippen MR) is 49.7 cm³/mol. The van der Waals surface area contributed by atoms with Crippen LogP contribution in [0.2, 0.25) is 0 Å². The number of halogens is 1. The molecule has 1 aliphatic carbocycles. The maximum atomic E-state index is 13.2. The van der Waals surface area contributed by atoms with Gasteiger partial charge < -0.3 is 5.73 Å². The lowest BCUT2D eigenvalue weighted by Gasteiger charge is -2.36. The third-order valence-corrected chi connectivity index (χ3v) is 3.75. The third-order valence-electron chi connectivity index (χ3n) is 3.75. The third kappa shape index (κ3) is 1.26. The molecule has 0 aliphatic heterocycles. The molecule has 1 saturated carbocycles. The van der Waals surface area contributed by atoms with Gasteiger partial charge in [-0.05, 0) is 30.6 Å². The summed E-state index contributed by atoms with van der Waals surface area (Å²) in [6, 6.07) is -0.234. The lowest BCUT2D eigenvalue weighted by Crippen LogP contribution is -2.44. The molecule has 0 bridgehead atoms. The van der Waals surface area contributed by atoms with Crippen LogP contribution in [-0.4, -0.2) is 12.2 Å². The van der Waals surface area contributed by atoms with Crippen molar-refractivity contribution in [2.75, 3.05) is 0 Å². The Morgan fingerprint density at radius 2 is 2.17 bits per heavy atom. The molecule has 0 aromatic heterocycles. The Morgan fingerprint density at radius 1 is 1.58 bits per heavy atom. The first-order chi connectivity index (χ1) is 5.54. The Balaban J connectivity index is 2.80. The minimum Gasteiger partial charge on any atom is -0.325 e. The van der Waals surface area contributed by atoms with Gasteiger partial charge in [0.1, 0.15) is 6.17 Å². The number of nitrogens with two attached hydrogens (primary N) is 1. The second-order valence-electron chi connectivity index (χ2n) is 4.32. The van der Waals surface area contributed by atoms with E-state index in [1.54, 1.807) is 0 Å². The molecule has 1 nitrogen and oxygen atoms in total. The van der Waals surface area contributed by atoms with Crippen molar-refractivity contribution < 1.29 is 4.39 Å². The molecule has 72 valence electrons. The minimum atomic E-state index is -0.771. The Morgan fingerprint density at radius 3 is 2.33 bits per heavy atom. The average molecular weight is 173 g/mol. The van der Waals surface area contributed by atoms with E-state index in [1.807, 2.05) is 0 Å². The van der Waals surface area contributed by atoms with Crippen LogP contribution in [0.5, 0.6) is 0 Å². The highest BCUT2D eigenvalue weighted by atomic mass is 19.1. The largest absolute Gasteiger partial charge is 0.325 e. The van der Waals surface area contributed by atoms with Crippen LogP contribution >= 0.6 is 0 Å². The molecule has 12 heavy (non-hydrogen) atoms. The Labute approximate surface area is 74.5 Å². The monoisotopic (exact) mass is 173 g/mol. The van der Waals surface area contributed by atoms with Gasteiger partial charge in [0.05, 0.1) is 0 Å². The van der Waals surface area contributed by atoms with Gasteiger partial charge in [0, 0.05) is 6.04 Å². The Bertz CT molecular complexity index is 158. The van der Waals surface area contributed by atoms with E-state index in [9.17, 15) is 4.39 Å². The second-order valence-corrected chi connectivity index (χ2v) is 4.32. The van der Waals surface area contributed by atoms with Crippen molar-refractivity contribution in [3.8, 4) is 0 Å². The molecular formula is C10H20FN. The second kappa shape index (κ2) is 3.33. The maximum Gasteiger partial charge on any atom is 0.116 e. The highest BCUT2D eigenvalue weighted by Crippen LogP contribution is 2.46. The lowest BCUT2D eigenvalue weighted by molar-refractivity contribution is 0.137. The van der Waals surface area contributed by atoms with Crippen molar-refractivity contribution in [2.24, 2.45) is 17.1 Å². The van der Waals surface area contributed by atoms with E-state index in [-0.39, 0.29) is 11.5 Å². The van der Waals surface area contributed by atoms with Gasteiger partial charge >= 0.3 is 0 Å². The average Bonchev–Trinajstić information content (AvgIpc) is 2.31. The molecule has 2 heteroatoms. The van der Waals surface area contributed by atoms with Gasteiger partial charge in [-0.15, -0.1) is 0 Å². The van der Waals surface area contributed by atoms with Crippen molar-refractivity contribution in [3.63, 3.8) is 0 Å². The smallest absolute Gasteiger partial charge is 0.116 e. The number of hydrogen-bond donors (Lipinski definition) is 1. The summed E-state index contributed by atoms with van der Waals surface area (Å²) in [6.45, 7) is 6.43. The highest BCUT2D eigenvalue weighted by Gasteiger charge is 2.47. The van der Waals surface area contributed by atoms with Gasteiger partial charge in [0.25, 0.3) is 0 Å². The van der Waals surface area contributed by atoms with Gasteiger partial charge in [-0.25, -0.2) is 4.39 Å². The fourth-order valence-corrected chi connectivity index (χ4v) is 2.61. The topological polar surface area (TPSA) is 26.0 Å². The maximum absolute atomic E-state index is 13.2. The van der Waals surface area contributed by atoms with Crippen molar-refractivity contribution in [3.05, 3.63) is 0 Å². The predicted octanol–water partition coefficient (Wildman–Crippen LogP) is 2.50. The van der Waals surface area contributed by atoms with Crippen LogP contribution in [0.25, 0.3) is 0 Å². The molecule has 0 aromatic rings. The molecule has 0 radical (unpaired) electrons. The molecule has 2 N–H and O–H groups in total. The van der Waals surface area contributed by atoms with Gasteiger partial charge in [-0.3, -0.25) is 0 Å². The van der Waals surface area contributed by atoms with Crippen molar-refractivity contribution in [1.29, 1.82) is 0 Å². The van der Waals surface area contributed by atoms with Crippen LogP contribution in [0.4, 0.5) is 4.39 Å². The molecular weight excluding hydrogens is 153 g/mol. The molecule has 0 heterocycles. The first-order valence-electron chi connectivity index (χ1n) is 4.94. The summed E-state index contributed by atoms with van der Waals surface area (Å²) < 4.78 is 13.2. The zero-order valence-electron chi connectivity index (χ0n) is 8.31. The SMILES string of the molecule is CCC1(C(C)C)CCC(F)[C@H]1N. The fourth-order valence-electron chi connectivity index (χ4n) is 2.61. The molecule has 0 saturated heterocycles. The van der Waals surface area contributed by atoms with E-state index in [0.29, 0.717) is 12.3 Å². The van der Waals surface area contributed by atoms with Crippen molar-refractivity contribution in [2.45, 2.75) is 52.2 Å². The summed E-state index contributed by atoms with van der Waals surface area (Å²) in [4.78, 5) is 0. The summed E-state index contributed by atoms with van der Waals surface area (Å²) in [5, 5.41) is 0. The zero-order chi connectivity index (χ0) is 9.35. The van der Waals surface area contributed by atoms with Crippen molar-refractivity contribution in [1.82, 2.24) is 0 Å². The summed E-state index contributed by atoms with van der Waals surface area (Å²) in [5.74, 6) is 0.498. The van der Waals surface area contributed by atoms with E-state index in [0.717, 1.165) is 12.8 Å². The molecule has 3 atom stereocenters. The van der Waals surface area contributed by atoms with Crippen LogP contribution in [0.1, 0.15) is 40.0 Å². The summed E-state index contributed by atoms with van der Waals surface area (Å²) in [7, 11) is 0. The quantitative estimate of drug-likeness (QED) is 0.682. The molecule has 0 amide bonds. The standard InChI is InChI=1S/C10H20FN/c1-4-10(7(2)3)6-5-8(11)9(10)12/h7-9H,4-6,12H2,1-3H3/t8?,9-,10?/m1/s1. The van der Waals surface area contributed by atoms with Crippen LogP contribution in [0.15, 0.2) is 0 Å². The molecule has 0 spiro atoms. The van der Waals surface area contributed by atoms with Crippen LogP contribution in [0, 0.1) is 11.3 Å². The summed E-state index contributed by atoms with van der Waals surface area (Å²) in [5.41, 5.74) is 5.96. The van der Waals surface area contributed by atoms with Gasteiger partial charge in [0.15, 0.2) is 0 Å². The fraction of sp³-hybridized carbons (Fsp3) is 1.00. The van der Waals surface area contributed by atoms with E-state index in [4.69, 9.17) is 5.73 Å². The van der Waals surface area contributed by atoms with Crippen LogP contribution in [-0.2, 0) is 0 Å². The van der Waals surface area contributed by atoms with Crippen LogP contribution in [0.3, 0.4) is 0 Å². The van der Waals surface area contributed by atoms with E-state index < -0.39 is 6.17 Å². The molecule has 1 rings (SSSR count). The first kappa shape index (κ1) is 9.97. The summed E-state index contributed by atoms with van der Waals surface area (Å²) >= 11 is 0. The lowest BCUT2D eigenvalue weighted by atomic mass is 9.71. The highest BCUT2D eigenvalue weighted by molar-refractivity contribution is 5.00. The first-order valence-corrected chi connectivity index (χ1v) is 4.94. The number of rotatable bonds is 2. The Kier molecular flexibility index (Phi) is 2.77. The molecule has 2 unspecified atom stereocenters. The van der Waals surface area contributed by atoms with Gasteiger partial charge in [0.2, 0.25) is 0 Å². The minimum absolute atomic E-state index is 0.0689. The molecule has 0 aromatic carbocycles. The number of hydrogen-bond acceptors (Lipinski definition) is 1. The zero-order valence-corrected chi connectivity index (χ0v) is 8.31. The van der Waals surface area contributed by atoms with E-state index >= 15 is 0 Å². The molecule has 1 fully saturated rings. The van der Waals surface area contributed by atoms with E-state index in [2.05, 4.69) is 20.8 Å². The Hall–Kier alpha value is -0.110. The van der Waals surface area contributed by atoms with Crippen molar-refractivity contribution >= 4 is 0 Å². The van der Waals surface area contributed by atoms with E-state index in [1.165, 1.54) is 0 Å². The van der Waals surface area contributed by atoms with Crippen LogP contribution < -0.4 is 5.73 Å². The number of alkyl halides is 1. The normalized spacial score (nSPS) is 42.5. The van der Waals surface area contributed by atoms with Gasteiger partial charge in [-0.2, -0.15) is 0 Å².